The van der Waals surface area contributed by atoms with Crippen molar-refractivity contribution >= 4 is 22.2 Å². The molecule has 4 heteroatoms. The smallest absolute Gasteiger partial charge is 0.0794 e. The molecule has 0 fully saturated rings. The number of hydrogen-bond donors (Lipinski definition) is 1. The van der Waals surface area contributed by atoms with Crippen LogP contribution in [0.2, 0.25) is 0 Å². The molecule has 0 aliphatic heterocycles. The monoisotopic (exact) mass is 255 g/mol. The van der Waals surface area contributed by atoms with Crippen molar-refractivity contribution in [2.24, 2.45) is 5.73 Å². The molecule has 1 unspecified atom stereocenters. The van der Waals surface area contributed by atoms with Crippen molar-refractivity contribution in [2.75, 3.05) is 0 Å². The quantitative estimate of drug-likeness (QED) is 0.783. The third kappa shape index (κ3) is 2.12. The highest BCUT2D eigenvalue weighted by Crippen LogP contribution is 2.24. The van der Waals surface area contributed by atoms with Crippen LogP contribution in [0.3, 0.4) is 0 Å². The van der Waals surface area contributed by atoms with Crippen molar-refractivity contribution < 1.29 is 0 Å². The zero-order valence-corrected chi connectivity index (χ0v) is 10.6. The van der Waals surface area contributed by atoms with Gasteiger partial charge >= 0.3 is 0 Å². The summed E-state index contributed by atoms with van der Waals surface area (Å²) >= 11 is 1.64. The van der Waals surface area contributed by atoms with Gasteiger partial charge in [0.15, 0.2) is 0 Å². The SMILES string of the molecule is NC(Cc1cncs1)c1cccc2ncccc12. The maximum absolute atomic E-state index is 6.30. The summed E-state index contributed by atoms with van der Waals surface area (Å²) in [5.74, 6) is 0. The largest absolute Gasteiger partial charge is 0.324 e. The van der Waals surface area contributed by atoms with Gasteiger partial charge in [0, 0.05) is 35.1 Å². The first-order valence-electron chi connectivity index (χ1n) is 5.81. The van der Waals surface area contributed by atoms with Crippen LogP contribution in [0.15, 0.2) is 48.2 Å². The predicted molar refractivity (Wildman–Crippen MR) is 74.5 cm³/mol. The maximum atomic E-state index is 6.30. The first-order chi connectivity index (χ1) is 8.84. The van der Waals surface area contributed by atoms with Gasteiger partial charge in [-0.2, -0.15) is 0 Å². The van der Waals surface area contributed by atoms with E-state index in [0.717, 1.165) is 22.9 Å². The Kier molecular flexibility index (Phi) is 3.04. The average molecular weight is 255 g/mol. The Bertz CT molecular complexity index is 644. The minimum absolute atomic E-state index is 0.0154. The second-order valence-corrected chi connectivity index (χ2v) is 5.17. The summed E-state index contributed by atoms with van der Waals surface area (Å²) in [4.78, 5) is 9.65. The molecule has 0 aliphatic carbocycles. The van der Waals surface area contributed by atoms with Crippen LogP contribution >= 0.6 is 11.3 Å². The molecular weight excluding hydrogens is 242 g/mol. The van der Waals surface area contributed by atoms with Gasteiger partial charge in [-0.3, -0.25) is 9.97 Å². The fourth-order valence-electron chi connectivity index (χ4n) is 2.12. The van der Waals surface area contributed by atoms with E-state index in [0.29, 0.717) is 0 Å². The number of pyridine rings is 1. The Labute approximate surface area is 109 Å². The second kappa shape index (κ2) is 4.84. The van der Waals surface area contributed by atoms with Crippen LogP contribution in [0.25, 0.3) is 10.9 Å². The number of thiazole rings is 1. The van der Waals surface area contributed by atoms with Crippen molar-refractivity contribution in [3.63, 3.8) is 0 Å². The van der Waals surface area contributed by atoms with Gasteiger partial charge in [-0.05, 0) is 17.7 Å². The highest BCUT2D eigenvalue weighted by Gasteiger charge is 2.11. The van der Waals surface area contributed by atoms with Gasteiger partial charge in [0.1, 0.15) is 0 Å². The lowest BCUT2D eigenvalue weighted by Crippen LogP contribution is -2.13. The molecule has 90 valence electrons. The molecule has 3 aromatic rings. The molecule has 0 saturated heterocycles. The van der Waals surface area contributed by atoms with Crippen molar-refractivity contribution in [1.82, 2.24) is 9.97 Å². The van der Waals surface area contributed by atoms with Gasteiger partial charge in [-0.1, -0.05) is 18.2 Å². The van der Waals surface area contributed by atoms with E-state index in [4.69, 9.17) is 5.73 Å². The maximum Gasteiger partial charge on any atom is 0.0794 e. The third-order valence-corrected chi connectivity index (χ3v) is 3.79. The van der Waals surface area contributed by atoms with Crippen LogP contribution in [0.4, 0.5) is 0 Å². The summed E-state index contributed by atoms with van der Waals surface area (Å²) in [5.41, 5.74) is 10.3. The molecule has 2 aromatic heterocycles. The van der Waals surface area contributed by atoms with Gasteiger partial charge in [-0.25, -0.2) is 0 Å². The summed E-state index contributed by atoms with van der Waals surface area (Å²) in [6.07, 6.45) is 4.51. The number of benzene rings is 1. The molecule has 0 radical (unpaired) electrons. The highest BCUT2D eigenvalue weighted by atomic mass is 32.1. The van der Waals surface area contributed by atoms with E-state index in [1.54, 1.807) is 17.5 Å². The summed E-state index contributed by atoms with van der Waals surface area (Å²) in [5, 5.41) is 1.14. The molecule has 3 rings (SSSR count). The second-order valence-electron chi connectivity index (χ2n) is 4.20. The average Bonchev–Trinajstić information content (AvgIpc) is 2.91. The molecule has 2 N–H and O–H groups in total. The summed E-state index contributed by atoms with van der Waals surface area (Å²) < 4.78 is 0. The van der Waals surface area contributed by atoms with E-state index < -0.39 is 0 Å². The van der Waals surface area contributed by atoms with E-state index in [2.05, 4.69) is 22.1 Å². The number of nitrogens with zero attached hydrogens (tertiary/aromatic N) is 2. The van der Waals surface area contributed by atoms with Crippen molar-refractivity contribution in [2.45, 2.75) is 12.5 Å². The van der Waals surface area contributed by atoms with Crippen LogP contribution in [0.5, 0.6) is 0 Å². The fraction of sp³-hybridized carbons (Fsp3) is 0.143. The van der Waals surface area contributed by atoms with Crippen LogP contribution in [0, 0.1) is 0 Å². The zero-order chi connectivity index (χ0) is 12.4. The topological polar surface area (TPSA) is 51.8 Å². The van der Waals surface area contributed by atoms with Crippen LogP contribution in [-0.4, -0.2) is 9.97 Å². The summed E-state index contributed by atoms with van der Waals surface area (Å²) in [6.45, 7) is 0. The Balaban J connectivity index is 1.98. The molecule has 1 atom stereocenters. The Hall–Kier alpha value is -1.78. The van der Waals surface area contributed by atoms with E-state index in [9.17, 15) is 0 Å². The first kappa shape index (κ1) is 11.3. The van der Waals surface area contributed by atoms with Crippen LogP contribution < -0.4 is 5.73 Å². The zero-order valence-electron chi connectivity index (χ0n) is 9.78. The molecule has 1 aromatic carbocycles. The van der Waals surface area contributed by atoms with E-state index in [1.165, 1.54) is 4.88 Å². The number of fused-ring (bicyclic) bond motifs is 1. The van der Waals surface area contributed by atoms with Crippen molar-refractivity contribution in [3.05, 3.63) is 58.7 Å². The van der Waals surface area contributed by atoms with Crippen LogP contribution in [-0.2, 0) is 6.42 Å². The van der Waals surface area contributed by atoms with Gasteiger partial charge in [0.05, 0.1) is 11.0 Å². The summed E-state index contributed by atoms with van der Waals surface area (Å²) in [7, 11) is 0. The van der Waals surface area contributed by atoms with Crippen molar-refractivity contribution in [3.8, 4) is 0 Å². The first-order valence-corrected chi connectivity index (χ1v) is 6.69. The summed E-state index contributed by atoms with van der Waals surface area (Å²) in [6, 6.07) is 10.1. The molecule has 2 heterocycles. The molecule has 0 amide bonds. The number of aromatic nitrogens is 2. The molecule has 3 nitrogen and oxygen atoms in total. The van der Waals surface area contributed by atoms with Gasteiger partial charge in [0.2, 0.25) is 0 Å². The lowest BCUT2D eigenvalue weighted by Gasteiger charge is -2.13. The molecule has 0 aliphatic rings. The minimum Gasteiger partial charge on any atom is -0.324 e. The molecule has 18 heavy (non-hydrogen) atoms. The lowest BCUT2D eigenvalue weighted by atomic mass is 9.99. The molecular formula is C14H13N3S. The van der Waals surface area contributed by atoms with Gasteiger partial charge in [-0.15, -0.1) is 11.3 Å². The fourth-order valence-corrected chi connectivity index (χ4v) is 2.77. The lowest BCUT2D eigenvalue weighted by molar-refractivity contribution is 0.735. The van der Waals surface area contributed by atoms with Crippen LogP contribution in [0.1, 0.15) is 16.5 Å². The Morgan fingerprint density at radius 1 is 1.22 bits per heavy atom. The Morgan fingerprint density at radius 3 is 3.00 bits per heavy atom. The van der Waals surface area contributed by atoms with Gasteiger partial charge in [0.25, 0.3) is 0 Å². The molecule has 0 saturated carbocycles. The highest BCUT2D eigenvalue weighted by molar-refractivity contribution is 7.09. The van der Waals surface area contributed by atoms with E-state index >= 15 is 0 Å². The van der Waals surface area contributed by atoms with Gasteiger partial charge < -0.3 is 5.73 Å². The number of rotatable bonds is 3. The standard InChI is InChI=1S/C14H13N3S/c15-13(7-10-8-16-9-18-10)11-3-1-5-14-12(11)4-2-6-17-14/h1-6,8-9,13H,7,15H2. The Morgan fingerprint density at radius 2 is 2.17 bits per heavy atom. The molecule has 0 bridgehead atoms. The van der Waals surface area contributed by atoms with E-state index in [1.807, 2.05) is 29.9 Å². The van der Waals surface area contributed by atoms with Crippen molar-refractivity contribution in [1.29, 1.82) is 0 Å². The number of nitrogens with two attached hydrogens (primary N) is 1. The number of hydrogen-bond acceptors (Lipinski definition) is 4. The third-order valence-electron chi connectivity index (χ3n) is 2.98. The predicted octanol–water partition coefficient (Wildman–Crippen LogP) is 2.93. The normalized spacial score (nSPS) is 12.7. The minimum atomic E-state index is -0.0154. The molecule has 0 spiro atoms. The van der Waals surface area contributed by atoms with E-state index in [-0.39, 0.29) is 6.04 Å².